The second-order valence-electron chi connectivity index (χ2n) is 5.97. The van der Waals surface area contributed by atoms with E-state index in [0.29, 0.717) is 12.0 Å². The minimum Gasteiger partial charge on any atom is -0.336 e. The molecule has 2 amide bonds. The lowest BCUT2D eigenvalue weighted by atomic mass is 10.0. The van der Waals surface area contributed by atoms with Crippen molar-refractivity contribution in [2.24, 2.45) is 5.92 Å². The zero-order valence-corrected chi connectivity index (χ0v) is 11.8. The van der Waals surface area contributed by atoms with Gasteiger partial charge in [-0.1, -0.05) is 6.92 Å². The summed E-state index contributed by atoms with van der Waals surface area (Å²) in [7, 11) is 0. The fraction of sp³-hybridized carbons (Fsp3) is 0.929. The topological polar surface area (TPSA) is 35.6 Å². The normalized spacial score (nSPS) is 27.2. The number of likely N-dealkylation sites (tertiary alicyclic amines) is 2. The van der Waals surface area contributed by atoms with Gasteiger partial charge in [0.1, 0.15) is 0 Å². The summed E-state index contributed by atoms with van der Waals surface area (Å²) < 4.78 is 0. The van der Waals surface area contributed by atoms with Crippen LogP contribution in [0.25, 0.3) is 0 Å². The smallest absolute Gasteiger partial charge is 0.317 e. The Labute approximate surface area is 111 Å². The van der Waals surface area contributed by atoms with Crippen LogP contribution in [-0.2, 0) is 0 Å². The summed E-state index contributed by atoms with van der Waals surface area (Å²) in [6.45, 7) is 9.45. The largest absolute Gasteiger partial charge is 0.336 e. The van der Waals surface area contributed by atoms with Crippen LogP contribution in [0.3, 0.4) is 0 Å². The first-order chi connectivity index (χ1) is 8.66. The quantitative estimate of drug-likeness (QED) is 0.834. The maximum absolute atomic E-state index is 12.1. The van der Waals surface area contributed by atoms with Gasteiger partial charge >= 0.3 is 6.03 Å². The third-order valence-corrected chi connectivity index (χ3v) is 4.26. The molecule has 0 aromatic carbocycles. The number of urea groups is 1. The predicted octanol–water partition coefficient (Wildman–Crippen LogP) is 1.91. The van der Waals surface area contributed by atoms with Crippen molar-refractivity contribution in [3.63, 3.8) is 0 Å². The van der Waals surface area contributed by atoms with Gasteiger partial charge < -0.3 is 10.2 Å². The Bertz CT molecular complexity index is 276. The Morgan fingerprint density at radius 1 is 1.28 bits per heavy atom. The molecule has 2 aliphatic heterocycles. The highest BCUT2D eigenvalue weighted by atomic mass is 16.2. The zero-order chi connectivity index (χ0) is 13.0. The molecular weight excluding hydrogens is 226 g/mol. The second-order valence-corrected chi connectivity index (χ2v) is 5.97. The molecule has 0 aromatic heterocycles. The Balaban J connectivity index is 1.70. The molecule has 4 heteroatoms. The van der Waals surface area contributed by atoms with E-state index in [2.05, 4.69) is 24.1 Å². The van der Waals surface area contributed by atoms with E-state index in [0.717, 1.165) is 26.1 Å². The van der Waals surface area contributed by atoms with Gasteiger partial charge in [0.05, 0.1) is 0 Å². The molecule has 2 atom stereocenters. The van der Waals surface area contributed by atoms with Gasteiger partial charge in [-0.15, -0.1) is 0 Å². The molecule has 0 aromatic rings. The first-order valence-electron chi connectivity index (χ1n) is 7.43. The standard InChI is InChI=1S/C14H27N3O/c1-12-6-5-9-17(11-12)14(18)15-10-13(2)16-7-3-4-8-16/h12-13H,3-11H2,1-2H3,(H,15,18). The second kappa shape index (κ2) is 6.41. The lowest BCUT2D eigenvalue weighted by molar-refractivity contribution is 0.165. The summed E-state index contributed by atoms with van der Waals surface area (Å²) in [6, 6.07) is 0.603. The summed E-state index contributed by atoms with van der Waals surface area (Å²) in [5.74, 6) is 0.653. The molecule has 2 rings (SSSR count). The molecule has 2 unspecified atom stereocenters. The number of hydrogen-bond acceptors (Lipinski definition) is 2. The first kappa shape index (κ1) is 13.7. The molecule has 104 valence electrons. The average Bonchev–Trinajstić information content (AvgIpc) is 2.89. The number of carbonyl (C=O) groups excluding carboxylic acids is 1. The lowest BCUT2D eigenvalue weighted by Crippen LogP contribution is -2.48. The highest BCUT2D eigenvalue weighted by Crippen LogP contribution is 2.15. The maximum Gasteiger partial charge on any atom is 0.317 e. The molecule has 2 saturated heterocycles. The molecule has 2 fully saturated rings. The molecule has 0 aliphatic carbocycles. The van der Waals surface area contributed by atoms with E-state index in [1.54, 1.807) is 0 Å². The van der Waals surface area contributed by atoms with Crippen molar-refractivity contribution < 1.29 is 4.79 Å². The van der Waals surface area contributed by atoms with Gasteiger partial charge in [0.25, 0.3) is 0 Å². The van der Waals surface area contributed by atoms with Gasteiger partial charge in [-0.2, -0.15) is 0 Å². The Hall–Kier alpha value is -0.770. The van der Waals surface area contributed by atoms with Gasteiger partial charge in [0.15, 0.2) is 0 Å². The van der Waals surface area contributed by atoms with E-state index < -0.39 is 0 Å². The molecule has 1 N–H and O–H groups in total. The van der Waals surface area contributed by atoms with E-state index >= 15 is 0 Å². The number of piperidine rings is 1. The van der Waals surface area contributed by atoms with Crippen LogP contribution < -0.4 is 5.32 Å². The average molecular weight is 253 g/mol. The summed E-state index contributed by atoms with van der Waals surface area (Å²) >= 11 is 0. The molecule has 0 bridgehead atoms. The van der Waals surface area contributed by atoms with E-state index in [1.165, 1.54) is 32.4 Å². The third-order valence-electron chi connectivity index (χ3n) is 4.26. The third kappa shape index (κ3) is 3.61. The lowest BCUT2D eigenvalue weighted by Gasteiger charge is -2.32. The predicted molar refractivity (Wildman–Crippen MR) is 73.6 cm³/mol. The molecule has 18 heavy (non-hydrogen) atoms. The number of hydrogen-bond donors (Lipinski definition) is 1. The van der Waals surface area contributed by atoms with Crippen molar-refractivity contribution in [1.29, 1.82) is 0 Å². The van der Waals surface area contributed by atoms with Crippen molar-refractivity contribution in [3.8, 4) is 0 Å². The van der Waals surface area contributed by atoms with Crippen LogP contribution in [0, 0.1) is 5.92 Å². The molecular formula is C14H27N3O. The highest BCUT2D eigenvalue weighted by Gasteiger charge is 2.22. The maximum atomic E-state index is 12.1. The first-order valence-corrected chi connectivity index (χ1v) is 7.43. The van der Waals surface area contributed by atoms with E-state index in [1.807, 2.05) is 4.90 Å². The molecule has 2 heterocycles. The van der Waals surface area contributed by atoms with E-state index in [9.17, 15) is 4.79 Å². The summed E-state index contributed by atoms with van der Waals surface area (Å²) in [4.78, 5) is 16.5. The van der Waals surface area contributed by atoms with Crippen molar-refractivity contribution in [2.45, 2.75) is 45.6 Å². The fourth-order valence-electron chi connectivity index (χ4n) is 3.03. The molecule has 4 nitrogen and oxygen atoms in total. The van der Waals surface area contributed by atoms with Crippen molar-refractivity contribution in [1.82, 2.24) is 15.1 Å². The summed E-state index contributed by atoms with van der Waals surface area (Å²) in [6.07, 6.45) is 5.02. The molecule has 0 radical (unpaired) electrons. The van der Waals surface area contributed by atoms with Gasteiger partial charge in [0, 0.05) is 25.7 Å². The van der Waals surface area contributed by atoms with E-state index in [4.69, 9.17) is 0 Å². The Morgan fingerprint density at radius 2 is 2.00 bits per heavy atom. The van der Waals surface area contributed by atoms with Crippen LogP contribution in [0.2, 0.25) is 0 Å². The monoisotopic (exact) mass is 253 g/mol. The summed E-state index contributed by atoms with van der Waals surface area (Å²) in [5.41, 5.74) is 0. The number of nitrogens with one attached hydrogen (secondary N) is 1. The van der Waals surface area contributed by atoms with Crippen molar-refractivity contribution in [3.05, 3.63) is 0 Å². The highest BCUT2D eigenvalue weighted by molar-refractivity contribution is 5.74. The number of amides is 2. The fourth-order valence-corrected chi connectivity index (χ4v) is 3.03. The van der Waals surface area contributed by atoms with Gasteiger partial charge in [-0.25, -0.2) is 4.79 Å². The van der Waals surface area contributed by atoms with Crippen molar-refractivity contribution in [2.75, 3.05) is 32.7 Å². The zero-order valence-electron chi connectivity index (χ0n) is 11.8. The van der Waals surface area contributed by atoms with E-state index in [-0.39, 0.29) is 6.03 Å². The minimum atomic E-state index is 0.132. The van der Waals surface area contributed by atoms with Gasteiger partial charge in [0.2, 0.25) is 0 Å². The van der Waals surface area contributed by atoms with Crippen LogP contribution in [0.4, 0.5) is 4.79 Å². The summed E-state index contributed by atoms with van der Waals surface area (Å²) in [5, 5.41) is 3.09. The number of rotatable bonds is 3. The van der Waals surface area contributed by atoms with Crippen molar-refractivity contribution >= 4 is 6.03 Å². The molecule has 2 aliphatic rings. The van der Waals surface area contributed by atoms with Crippen LogP contribution in [-0.4, -0.2) is 54.6 Å². The van der Waals surface area contributed by atoms with Crippen LogP contribution in [0.15, 0.2) is 0 Å². The van der Waals surface area contributed by atoms with Crippen LogP contribution in [0.1, 0.15) is 39.5 Å². The van der Waals surface area contributed by atoms with Crippen LogP contribution in [0.5, 0.6) is 0 Å². The number of carbonyl (C=O) groups is 1. The molecule has 0 spiro atoms. The Morgan fingerprint density at radius 3 is 2.67 bits per heavy atom. The Kier molecular flexibility index (Phi) is 4.87. The van der Waals surface area contributed by atoms with Gasteiger partial charge in [-0.05, 0) is 51.6 Å². The minimum absolute atomic E-state index is 0.132. The number of nitrogens with zero attached hydrogens (tertiary/aromatic N) is 2. The molecule has 0 saturated carbocycles. The van der Waals surface area contributed by atoms with Crippen LogP contribution >= 0.6 is 0 Å². The van der Waals surface area contributed by atoms with Gasteiger partial charge in [-0.3, -0.25) is 4.90 Å². The SMILES string of the molecule is CC1CCCN(C(=O)NCC(C)N2CCCC2)C1.